The summed E-state index contributed by atoms with van der Waals surface area (Å²) in [4.78, 5) is 0. The van der Waals surface area contributed by atoms with E-state index < -0.39 is 0 Å². The van der Waals surface area contributed by atoms with Gasteiger partial charge in [0.2, 0.25) is 0 Å². The molecule has 0 fully saturated rings. The number of nitrogens with one attached hydrogen (secondary N) is 2. The molecular formula is C12H14Cl2N2. The van der Waals surface area contributed by atoms with Crippen LogP contribution in [0.25, 0.3) is 5.57 Å². The first-order chi connectivity index (χ1) is 7.74. The Balaban J connectivity index is 2.45. The van der Waals surface area contributed by atoms with Crippen LogP contribution in [-0.4, -0.2) is 20.1 Å². The molecule has 16 heavy (non-hydrogen) atoms. The molecular weight excluding hydrogens is 243 g/mol. The monoisotopic (exact) mass is 256 g/mol. The molecule has 0 bridgehead atoms. The average Bonchev–Trinajstić information content (AvgIpc) is 2.31. The molecule has 0 aliphatic carbocycles. The molecule has 2 rings (SSSR count). The van der Waals surface area contributed by atoms with Crippen LogP contribution in [0, 0.1) is 0 Å². The first kappa shape index (κ1) is 11.8. The summed E-state index contributed by atoms with van der Waals surface area (Å²) in [5.41, 5.74) is 3.18. The first-order valence-electron chi connectivity index (χ1n) is 5.30. The fraction of sp³-hybridized carbons (Fsp3) is 0.333. The summed E-state index contributed by atoms with van der Waals surface area (Å²) in [6.07, 6.45) is 3.18. The lowest BCUT2D eigenvalue weighted by atomic mass is 9.99. The number of benzene rings is 1. The number of anilines is 1. The molecule has 0 atom stereocenters. The largest absolute Gasteiger partial charge is 0.386 e. The normalized spacial score (nSPS) is 15.8. The molecule has 0 aromatic heterocycles. The smallest absolute Gasteiger partial charge is 0.0727 e. The third-order valence-electron chi connectivity index (χ3n) is 2.75. The lowest BCUT2D eigenvalue weighted by Gasteiger charge is -2.17. The number of rotatable bonds is 2. The van der Waals surface area contributed by atoms with E-state index in [2.05, 4.69) is 16.7 Å². The van der Waals surface area contributed by atoms with Gasteiger partial charge in [0, 0.05) is 13.6 Å². The van der Waals surface area contributed by atoms with Crippen LogP contribution in [0.4, 0.5) is 5.69 Å². The maximum Gasteiger partial charge on any atom is 0.0727 e. The summed E-state index contributed by atoms with van der Waals surface area (Å²) < 4.78 is 0. The van der Waals surface area contributed by atoms with Crippen molar-refractivity contribution < 1.29 is 0 Å². The number of hydrogen-bond donors (Lipinski definition) is 2. The van der Waals surface area contributed by atoms with Gasteiger partial charge >= 0.3 is 0 Å². The van der Waals surface area contributed by atoms with E-state index in [4.69, 9.17) is 23.2 Å². The SMILES string of the molecule is CNc1c(Cl)ccc(C2=CCNCC2)c1Cl. The topological polar surface area (TPSA) is 24.1 Å². The van der Waals surface area contributed by atoms with Crippen LogP contribution >= 0.6 is 23.2 Å². The van der Waals surface area contributed by atoms with Crippen LogP contribution in [-0.2, 0) is 0 Å². The Morgan fingerprint density at radius 2 is 2.12 bits per heavy atom. The minimum Gasteiger partial charge on any atom is -0.386 e. The van der Waals surface area contributed by atoms with E-state index in [1.807, 2.05) is 19.2 Å². The van der Waals surface area contributed by atoms with Crippen molar-refractivity contribution in [2.75, 3.05) is 25.5 Å². The van der Waals surface area contributed by atoms with Crippen LogP contribution in [0.5, 0.6) is 0 Å². The summed E-state index contributed by atoms with van der Waals surface area (Å²) >= 11 is 12.4. The van der Waals surface area contributed by atoms with Crippen molar-refractivity contribution in [1.29, 1.82) is 0 Å². The molecule has 0 unspecified atom stereocenters. The van der Waals surface area contributed by atoms with Gasteiger partial charge in [-0.05, 0) is 30.2 Å². The van der Waals surface area contributed by atoms with Gasteiger partial charge < -0.3 is 10.6 Å². The van der Waals surface area contributed by atoms with Gasteiger partial charge in [-0.15, -0.1) is 0 Å². The molecule has 4 heteroatoms. The van der Waals surface area contributed by atoms with Crippen molar-refractivity contribution in [3.63, 3.8) is 0 Å². The fourth-order valence-corrected chi connectivity index (χ4v) is 2.58. The second-order valence-corrected chi connectivity index (χ2v) is 4.50. The van der Waals surface area contributed by atoms with Gasteiger partial charge in [-0.3, -0.25) is 0 Å². The highest BCUT2D eigenvalue weighted by Crippen LogP contribution is 2.37. The zero-order valence-corrected chi connectivity index (χ0v) is 10.6. The Hall–Kier alpha value is -0.700. The molecule has 0 saturated carbocycles. The molecule has 2 N–H and O–H groups in total. The Morgan fingerprint density at radius 1 is 1.31 bits per heavy atom. The Bertz CT molecular complexity index is 427. The van der Waals surface area contributed by atoms with E-state index in [0.29, 0.717) is 10.0 Å². The third-order valence-corrected chi connectivity index (χ3v) is 3.46. The maximum absolute atomic E-state index is 6.34. The van der Waals surface area contributed by atoms with Gasteiger partial charge in [-0.2, -0.15) is 0 Å². The van der Waals surface area contributed by atoms with E-state index >= 15 is 0 Å². The van der Waals surface area contributed by atoms with Crippen LogP contribution in [0.15, 0.2) is 18.2 Å². The van der Waals surface area contributed by atoms with Crippen LogP contribution in [0.2, 0.25) is 10.0 Å². The van der Waals surface area contributed by atoms with Gasteiger partial charge in [0.05, 0.1) is 15.7 Å². The lowest BCUT2D eigenvalue weighted by Crippen LogP contribution is -2.20. The minimum atomic E-state index is 0.658. The quantitative estimate of drug-likeness (QED) is 0.848. The second kappa shape index (κ2) is 5.09. The molecule has 0 spiro atoms. The molecule has 0 saturated heterocycles. The summed E-state index contributed by atoms with van der Waals surface area (Å²) in [6, 6.07) is 3.88. The third kappa shape index (κ3) is 2.19. The average molecular weight is 257 g/mol. The summed E-state index contributed by atoms with van der Waals surface area (Å²) in [7, 11) is 1.83. The van der Waals surface area contributed by atoms with Gasteiger partial charge in [0.15, 0.2) is 0 Å². The maximum atomic E-state index is 6.34. The van der Waals surface area contributed by atoms with Gasteiger partial charge in [0.1, 0.15) is 0 Å². The molecule has 0 amide bonds. The summed E-state index contributed by atoms with van der Waals surface area (Å²) in [5.74, 6) is 0. The highest BCUT2D eigenvalue weighted by Gasteiger charge is 2.13. The molecule has 1 aliphatic rings. The van der Waals surface area contributed by atoms with Crippen molar-refractivity contribution in [3.05, 3.63) is 33.8 Å². The molecule has 1 aliphatic heterocycles. The molecule has 2 nitrogen and oxygen atoms in total. The lowest BCUT2D eigenvalue weighted by molar-refractivity contribution is 0.738. The molecule has 1 heterocycles. The summed E-state index contributed by atoms with van der Waals surface area (Å²) in [6.45, 7) is 1.91. The molecule has 1 aromatic carbocycles. The van der Waals surface area contributed by atoms with E-state index in [9.17, 15) is 0 Å². The fourth-order valence-electron chi connectivity index (χ4n) is 1.90. The second-order valence-electron chi connectivity index (χ2n) is 3.72. The standard InChI is InChI=1S/C12H14Cl2N2/c1-15-12-10(13)3-2-9(11(12)14)8-4-6-16-7-5-8/h2-4,15-16H,5-7H2,1H3. The Kier molecular flexibility index (Phi) is 3.74. The van der Waals surface area contributed by atoms with Gasteiger partial charge in [-0.25, -0.2) is 0 Å². The molecule has 1 aromatic rings. The van der Waals surface area contributed by atoms with E-state index in [1.165, 1.54) is 5.57 Å². The zero-order valence-electron chi connectivity index (χ0n) is 9.11. The van der Waals surface area contributed by atoms with Crippen LogP contribution < -0.4 is 10.6 Å². The Labute approximate surface area is 106 Å². The van der Waals surface area contributed by atoms with Crippen molar-refractivity contribution in [2.45, 2.75) is 6.42 Å². The summed E-state index contributed by atoms with van der Waals surface area (Å²) in [5, 5.41) is 7.69. The van der Waals surface area contributed by atoms with Crippen molar-refractivity contribution in [1.82, 2.24) is 5.32 Å². The van der Waals surface area contributed by atoms with Crippen LogP contribution in [0.1, 0.15) is 12.0 Å². The van der Waals surface area contributed by atoms with Gasteiger partial charge in [-0.1, -0.05) is 35.3 Å². The van der Waals surface area contributed by atoms with Crippen molar-refractivity contribution in [2.24, 2.45) is 0 Å². The number of hydrogen-bond acceptors (Lipinski definition) is 2. The van der Waals surface area contributed by atoms with Gasteiger partial charge in [0.25, 0.3) is 0 Å². The van der Waals surface area contributed by atoms with Crippen molar-refractivity contribution in [3.8, 4) is 0 Å². The van der Waals surface area contributed by atoms with Crippen molar-refractivity contribution >= 4 is 34.5 Å². The highest BCUT2D eigenvalue weighted by atomic mass is 35.5. The minimum absolute atomic E-state index is 0.658. The van der Waals surface area contributed by atoms with E-state index in [-0.39, 0.29) is 0 Å². The predicted molar refractivity (Wildman–Crippen MR) is 71.5 cm³/mol. The first-order valence-corrected chi connectivity index (χ1v) is 6.05. The number of halogens is 2. The van der Waals surface area contributed by atoms with E-state index in [0.717, 1.165) is 30.8 Å². The zero-order chi connectivity index (χ0) is 11.5. The molecule has 0 radical (unpaired) electrons. The Morgan fingerprint density at radius 3 is 2.75 bits per heavy atom. The van der Waals surface area contributed by atoms with Crippen LogP contribution in [0.3, 0.4) is 0 Å². The highest BCUT2D eigenvalue weighted by molar-refractivity contribution is 6.40. The van der Waals surface area contributed by atoms with E-state index in [1.54, 1.807) is 0 Å². The predicted octanol–water partition coefficient (Wildman–Crippen LogP) is 3.41. The molecule has 86 valence electrons.